The van der Waals surface area contributed by atoms with Crippen molar-refractivity contribution in [1.29, 1.82) is 0 Å². The topological polar surface area (TPSA) is 105 Å². The predicted molar refractivity (Wildman–Crippen MR) is 72.7 cm³/mol. The van der Waals surface area contributed by atoms with Gasteiger partial charge in [-0.3, -0.25) is 9.48 Å². The molecule has 1 atom stereocenters. The van der Waals surface area contributed by atoms with E-state index in [0.29, 0.717) is 12.1 Å². The van der Waals surface area contributed by atoms with E-state index in [1.54, 1.807) is 17.9 Å². The monoisotopic (exact) mass is 284 g/mol. The Balaban J connectivity index is 2.48. The molecule has 1 aromatic rings. The summed E-state index contributed by atoms with van der Waals surface area (Å²) in [6.45, 7) is 2.07. The molecular formula is C12H20N4O4. The first-order chi connectivity index (χ1) is 9.46. The highest BCUT2D eigenvalue weighted by atomic mass is 16.5. The van der Waals surface area contributed by atoms with Gasteiger partial charge in [-0.05, 0) is 6.42 Å². The summed E-state index contributed by atoms with van der Waals surface area (Å²) in [6.07, 6.45) is 1.70. The number of anilines is 1. The van der Waals surface area contributed by atoms with Crippen LogP contribution in [0.25, 0.3) is 0 Å². The maximum Gasteiger partial charge on any atom is 0.319 e. The third-order valence-corrected chi connectivity index (χ3v) is 2.71. The van der Waals surface area contributed by atoms with Crippen LogP contribution < -0.4 is 10.6 Å². The number of hydrogen-bond acceptors (Lipinski definition) is 4. The van der Waals surface area contributed by atoms with Crippen molar-refractivity contribution in [3.63, 3.8) is 0 Å². The minimum Gasteiger partial charge on any atom is -0.481 e. The number of aryl methyl sites for hydroxylation is 2. The number of amides is 2. The summed E-state index contributed by atoms with van der Waals surface area (Å²) >= 11 is 0. The van der Waals surface area contributed by atoms with Crippen molar-refractivity contribution in [2.24, 2.45) is 7.05 Å². The van der Waals surface area contributed by atoms with E-state index < -0.39 is 18.1 Å². The van der Waals surface area contributed by atoms with Crippen molar-refractivity contribution in [3.05, 3.63) is 11.9 Å². The number of nitrogens with one attached hydrogen (secondary N) is 2. The number of methoxy groups -OCH3 is 1. The molecule has 0 aliphatic rings. The van der Waals surface area contributed by atoms with Gasteiger partial charge >= 0.3 is 12.0 Å². The number of carbonyl (C=O) groups is 2. The Kier molecular flexibility index (Phi) is 5.98. The molecule has 1 unspecified atom stereocenters. The number of nitrogens with zero attached hydrogens (tertiary/aromatic N) is 2. The Morgan fingerprint density at radius 3 is 2.80 bits per heavy atom. The minimum absolute atomic E-state index is 0.121. The average Bonchev–Trinajstić information content (AvgIpc) is 2.74. The SMILES string of the molecule is CCc1nn(C)cc1NC(=O)NCC(CC(=O)O)OC. The number of aromatic nitrogens is 2. The smallest absolute Gasteiger partial charge is 0.319 e. The highest BCUT2D eigenvalue weighted by molar-refractivity contribution is 5.89. The largest absolute Gasteiger partial charge is 0.481 e. The van der Waals surface area contributed by atoms with Gasteiger partial charge in [0.05, 0.1) is 23.9 Å². The molecule has 1 aromatic heterocycles. The molecule has 8 heteroatoms. The first-order valence-electron chi connectivity index (χ1n) is 6.28. The predicted octanol–water partition coefficient (Wildman–Crippen LogP) is 0.594. The van der Waals surface area contributed by atoms with Crippen molar-refractivity contribution in [2.75, 3.05) is 19.0 Å². The van der Waals surface area contributed by atoms with Crippen LogP contribution in [0, 0.1) is 0 Å². The third kappa shape index (κ3) is 4.88. The molecule has 1 rings (SSSR count). The van der Waals surface area contributed by atoms with Gasteiger partial charge in [-0.2, -0.15) is 5.10 Å². The van der Waals surface area contributed by atoms with E-state index in [1.807, 2.05) is 6.92 Å². The van der Waals surface area contributed by atoms with E-state index in [2.05, 4.69) is 15.7 Å². The Morgan fingerprint density at radius 2 is 2.25 bits per heavy atom. The molecule has 0 radical (unpaired) electrons. The summed E-state index contributed by atoms with van der Waals surface area (Å²) < 4.78 is 6.59. The third-order valence-electron chi connectivity index (χ3n) is 2.71. The van der Waals surface area contributed by atoms with Gasteiger partial charge < -0.3 is 20.5 Å². The van der Waals surface area contributed by atoms with E-state index in [4.69, 9.17) is 9.84 Å². The number of ether oxygens (including phenoxy) is 1. The van der Waals surface area contributed by atoms with Crippen LogP contribution in [-0.4, -0.2) is 46.6 Å². The summed E-state index contributed by atoms with van der Waals surface area (Å²) in [5.41, 5.74) is 1.43. The Labute approximate surface area is 117 Å². The fourth-order valence-corrected chi connectivity index (χ4v) is 1.71. The van der Waals surface area contributed by atoms with Gasteiger partial charge in [-0.25, -0.2) is 4.79 Å². The average molecular weight is 284 g/mol. The van der Waals surface area contributed by atoms with Gasteiger partial charge in [0.2, 0.25) is 0 Å². The fraction of sp³-hybridized carbons (Fsp3) is 0.583. The first-order valence-corrected chi connectivity index (χ1v) is 6.28. The molecule has 20 heavy (non-hydrogen) atoms. The second-order valence-electron chi connectivity index (χ2n) is 4.31. The van der Waals surface area contributed by atoms with Crippen LogP contribution in [0.4, 0.5) is 10.5 Å². The first kappa shape index (κ1) is 16.0. The highest BCUT2D eigenvalue weighted by Crippen LogP contribution is 2.13. The summed E-state index contributed by atoms with van der Waals surface area (Å²) in [4.78, 5) is 22.3. The van der Waals surface area contributed by atoms with Crippen molar-refractivity contribution in [1.82, 2.24) is 15.1 Å². The molecule has 0 bridgehead atoms. The fourth-order valence-electron chi connectivity index (χ4n) is 1.71. The van der Waals surface area contributed by atoms with Crippen LogP contribution in [0.15, 0.2) is 6.20 Å². The lowest BCUT2D eigenvalue weighted by Crippen LogP contribution is -2.37. The standard InChI is InChI=1S/C12H20N4O4/c1-4-9-10(7-16(2)15-9)14-12(19)13-6-8(20-3)5-11(17)18/h7-8H,4-6H2,1-3H3,(H,17,18)(H2,13,14,19). The van der Waals surface area contributed by atoms with Gasteiger partial charge in [-0.15, -0.1) is 0 Å². The zero-order valence-electron chi connectivity index (χ0n) is 11.8. The Hall–Kier alpha value is -2.09. The molecule has 0 aromatic carbocycles. The van der Waals surface area contributed by atoms with Crippen molar-refractivity contribution < 1.29 is 19.4 Å². The van der Waals surface area contributed by atoms with Crippen molar-refractivity contribution >= 4 is 17.7 Å². The number of hydrogen-bond donors (Lipinski definition) is 3. The number of urea groups is 1. The van der Waals surface area contributed by atoms with E-state index in [9.17, 15) is 9.59 Å². The lowest BCUT2D eigenvalue weighted by atomic mass is 10.2. The molecule has 0 saturated carbocycles. The maximum absolute atomic E-state index is 11.7. The molecule has 0 saturated heterocycles. The molecule has 0 fully saturated rings. The molecule has 8 nitrogen and oxygen atoms in total. The second-order valence-corrected chi connectivity index (χ2v) is 4.31. The molecule has 0 aliphatic carbocycles. The van der Waals surface area contributed by atoms with Crippen molar-refractivity contribution in [3.8, 4) is 0 Å². The lowest BCUT2D eigenvalue weighted by Gasteiger charge is -2.14. The quantitative estimate of drug-likeness (QED) is 0.679. The maximum atomic E-state index is 11.7. The van der Waals surface area contributed by atoms with E-state index >= 15 is 0 Å². The van der Waals surface area contributed by atoms with Gasteiger partial charge in [0.15, 0.2) is 0 Å². The zero-order chi connectivity index (χ0) is 15.1. The van der Waals surface area contributed by atoms with Crippen LogP contribution in [0.5, 0.6) is 0 Å². The van der Waals surface area contributed by atoms with Gasteiger partial charge in [0, 0.05) is 26.9 Å². The zero-order valence-corrected chi connectivity index (χ0v) is 11.8. The van der Waals surface area contributed by atoms with Crippen LogP contribution in [0.1, 0.15) is 19.0 Å². The number of carboxylic acids is 1. The number of aliphatic carboxylic acids is 1. The summed E-state index contributed by atoms with van der Waals surface area (Å²) in [6, 6.07) is -0.417. The van der Waals surface area contributed by atoms with Gasteiger partial charge in [0.25, 0.3) is 0 Å². The van der Waals surface area contributed by atoms with Crippen LogP contribution >= 0.6 is 0 Å². The molecule has 0 spiro atoms. The Morgan fingerprint density at radius 1 is 1.55 bits per heavy atom. The molecule has 1 heterocycles. The molecule has 112 valence electrons. The number of carbonyl (C=O) groups excluding carboxylic acids is 1. The number of carboxylic acid groups (broad SMARTS) is 1. The van der Waals surface area contributed by atoms with E-state index in [0.717, 1.165) is 5.69 Å². The number of rotatable bonds is 7. The van der Waals surface area contributed by atoms with E-state index in [1.165, 1.54) is 7.11 Å². The van der Waals surface area contributed by atoms with Gasteiger partial charge in [0.1, 0.15) is 0 Å². The van der Waals surface area contributed by atoms with Gasteiger partial charge in [-0.1, -0.05) is 6.92 Å². The summed E-state index contributed by atoms with van der Waals surface area (Å²) in [5.74, 6) is -0.973. The van der Waals surface area contributed by atoms with Crippen LogP contribution in [0.2, 0.25) is 0 Å². The van der Waals surface area contributed by atoms with Crippen LogP contribution in [-0.2, 0) is 23.0 Å². The highest BCUT2D eigenvalue weighted by Gasteiger charge is 2.14. The van der Waals surface area contributed by atoms with E-state index in [-0.39, 0.29) is 13.0 Å². The lowest BCUT2D eigenvalue weighted by molar-refractivity contribution is -0.139. The normalized spacial score (nSPS) is 11.9. The minimum atomic E-state index is -0.973. The summed E-state index contributed by atoms with van der Waals surface area (Å²) in [7, 11) is 3.18. The Bertz CT molecular complexity index is 472. The summed E-state index contributed by atoms with van der Waals surface area (Å²) in [5, 5.41) is 18.1. The van der Waals surface area contributed by atoms with Crippen molar-refractivity contribution in [2.45, 2.75) is 25.9 Å². The molecule has 0 aliphatic heterocycles. The molecule has 3 N–H and O–H groups in total. The molecular weight excluding hydrogens is 264 g/mol. The second kappa shape index (κ2) is 7.49. The molecule has 2 amide bonds. The van der Waals surface area contributed by atoms with Crippen LogP contribution in [0.3, 0.4) is 0 Å².